The van der Waals surface area contributed by atoms with Crippen LogP contribution in [0.25, 0.3) is 0 Å². The maximum absolute atomic E-state index is 12.7. The second kappa shape index (κ2) is 8.03. The molecule has 1 N–H and O–H groups in total. The molecule has 0 aliphatic heterocycles. The number of ether oxygens (including phenoxy) is 1. The molecule has 1 aromatic heterocycles. The molecule has 1 heterocycles. The molecular weight excluding hydrogens is 342 g/mol. The molecule has 2 aromatic rings. The number of carbonyl (C=O) groups excluding carboxylic acids is 1. The lowest BCUT2D eigenvalue weighted by Gasteiger charge is -2.32. The number of para-hydroxylation sites is 1. The molecule has 1 aromatic carbocycles. The Labute approximate surface area is 160 Å². The van der Waals surface area contributed by atoms with Gasteiger partial charge in [0.25, 0.3) is 0 Å². The van der Waals surface area contributed by atoms with E-state index in [0.29, 0.717) is 13.1 Å². The summed E-state index contributed by atoms with van der Waals surface area (Å²) in [6.45, 7) is 4.86. The van der Waals surface area contributed by atoms with Gasteiger partial charge >= 0.3 is 6.03 Å². The van der Waals surface area contributed by atoms with Crippen molar-refractivity contribution in [1.82, 2.24) is 15.4 Å². The van der Waals surface area contributed by atoms with Gasteiger partial charge in [-0.3, -0.25) is 0 Å². The third-order valence-corrected chi connectivity index (χ3v) is 5.74. The molecule has 1 aliphatic rings. The first kappa shape index (κ1) is 19.3. The molecule has 6 nitrogen and oxygen atoms in total. The quantitative estimate of drug-likeness (QED) is 0.835. The fourth-order valence-electron chi connectivity index (χ4n) is 4.09. The molecule has 0 radical (unpaired) electrons. The summed E-state index contributed by atoms with van der Waals surface area (Å²) in [5.74, 6) is 1.66. The van der Waals surface area contributed by atoms with Crippen molar-refractivity contribution in [2.45, 2.75) is 51.5 Å². The van der Waals surface area contributed by atoms with Gasteiger partial charge in [0, 0.05) is 30.1 Å². The fourth-order valence-corrected chi connectivity index (χ4v) is 4.09. The number of hydrogen-bond acceptors (Lipinski definition) is 4. The highest BCUT2D eigenvalue weighted by Crippen LogP contribution is 2.44. The molecule has 0 saturated heterocycles. The minimum atomic E-state index is -0.0869. The lowest BCUT2D eigenvalue weighted by Crippen LogP contribution is -2.44. The van der Waals surface area contributed by atoms with Crippen molar-refractivity contribution >= 4 is 6.03 Å². The van der Waals surface area contributed by atoms with E-state index in [9.17, 15) is 4.79 Å². The molecular formula is C21H29N3O3. The van der Waals surface area contributed by atoms with Crippen LogP contribution in [0.5, 0.6) is 5.75 Å². The summed E-state index contributed by atoms with van der Waals surface area (Å²) in [5, 5.41) is 7.11. The van der Waals surface area contributed by atoms with E-state index in [1.165, 1.54) is 18.4 Å². The first-order valence-electron chi connectivity index (χ1n) is 9.51. The van der Waals surface area contributed by atoms with Crippen molar-refractivity contribution in [1.29, 1.82) is 0 Å². The van der Waals surface area contributed by atoms with Gasteiger partial charge in [-0.25, -0.2) is 4.79 Å². The van der Waals surface area contributed by atoms with E-state index in [2.05, 4.69) is 16.5 Å². The minimum absolute atomic E-state index is 0.0634. The number of hydrogen-bond donors (Lipinski definition) is 1. The van der Waals surface area contributed by atoms with Crippen molar-refractivity contribution in [3.8, 4) is 5.75 Å². The van der Waals surface area contributed by atoms with Gasteiger partial charge in [-0.1, -0.05) is 36.2 Å². The Hall–Kier alpha value is -2.50. The van der Waals surface area contributed by atoms with Crippen LogP contribution in [0.2, 0.25) is 0 Å². The molecule has 1 saturated carbocycles. The molecule has 1 fully saturated rings. The maximum atomic E-state index is 12.7. The zero-order valence-corrected chi connectivity index (χ0v) is 16.7. The van der Waals surface area contributed by atoms with Gasteiger partial charge in [0.1, 0.15) is 11.5 Å². The summed E-state index contributed by atoms with van der Waals surface area (Å²) in [4.78, 5) is 14.4. The van der Waals surface area contributed by atoms with Crippen molar-refractivity contribution < 1.29 is 14.1 Å². The highest BCUT2D eigenvalue weighted by Gasteiger charge is 2.38. The van der Waals surface area contributed by atoms with Crippen molar-refractivity contribution in [2.24, 2.45) is 0 Å². The highest BCUT2D eigenvalue weighted by atomic mass is 16.5. The number of aryl methyl sites for hydroxylation is 2. The third-order valence-electron chi connectivity index (χ3n) is 5.74. The molecule has 0 bridgehead atoms. The normalized spacial score (nSPS) is 15.6. The number of urea groups is 1. The number of aromatic nitrogens is 1. The van der Waals surface area contributed by atoms with Gasteiger partial charge in [-0.2, -0.15) is 0 Å². The van der Waals surface area contributed by atoms with Crippen molar-refractivity contribution in [3.63, 3.8) is 0 Å². The standard InChI is InChI=1S/C21H29N3O3/c1-15-17(16(2)27-23-15)13-24(3)20(25)22-14-21(11-7-8-12-21)18-9-5-6-10-19(18)26-4/h5-6,9-10H,7-8,11-14H2,1-4H3,(H,22,25). The predicted octanol–water partition coefficient (Wildman–Crippen LogP) is 3.95. The molecule has 0 atom stereocenters. The third kappa shape index (κ3) is 3.94. The molecule has 2 amide bonds. The van der Waals surface area contributed by atoms with Gasteiger partial charge in [0.05, 0.1) is 19.3 Å². The molecule has 6 heteroatoms. The van der Waals surface area contributed by atoms with Crippen LogP contribution in [0, 0.1) is 13.8 Å². The van der Waals surface area contributed by atoms with Crippen LogP contribution in [0.1, 0.15) is 48.3 Å². The van der Waals surface area contributed by atoms with Gasteiger partial charge in [0.15, 0.2) is 0 Å². The summed E-state index contributed by atoms with van der Waals surface area (Å²) in [7, 11) is 3.50. The smallest absolute Gasteiger partial charge is 0.317 e. The number of benzene rings is 1. The number of carbonyl (C=O) groups is 1. The van der Waals surface area contributed by atoms with Crippen LogP contribution in [0.15, 0.2) is 28.8 Å². The van der Waals surface area contributed by atoms with Crippen LogP contribution in [0.4, 0.5) is 4.79 Å². The fraction of sp³-hybridized carbons (Fsp3) is 0.524. The molecule has 27 heavy (non-hydrogen) atoms. The number of nitrogens with zero attached hydrogens (tertiary/aromatic N) is 2. The Bertz CT molecular complexity index is 774. The van der Waals surface area contributed by atoms with Gasteiger partial charge in [-0.05, 0) is 32.8 Å². The van der Waals surface area contributed by atoms with Crippen LogP contribution in [-0.4, -0.2) is 36.8 Å². The summed E-state index contributed by atoms with van der Waals surface area (Å²) in [6, 6.07) is 8.07. The van der Waals surface area contributed by atoms with Crippen LogP contribution in [0.3, 0.4) is 0 Å². The second-order valence-corrected chi connectivity index (χ2v) is 7.51. The molecule has 0 unspecified atom stereocenters. The molecule has 3 rings (SSSR count). The number of amides is 2. The Balaban J connectivity index is 1.70. The lowest BCUT2D eigenvalue weighted by molar-refractivity contribution is 0.202. The number of methoxy groups -OCH3 is 1. The van der Waals surface area contributed by atoms with E-state index in [4.69, 9.17) is 9.26 Å². The summed E-state index contributed by atoms with van der Waals surface area (Å²) >= 11 is 0. The van der Waals surface area contributed by atoms with E-state index >= 15 is 0 Å². The Morgan fingerprint density at radius 1 is 1.30 bits per heavy atom. The maximum Gasteiger partial charge on any atom is 0.317 e. The number of rotatable bonds is 6. The second-order valence-electron chi connectivity index (χ2n) is 7.51. The summed E-state index contributed by atoms with van der Waals surface area (Å²) in [6.07, 6.45) is 4.45. The zero-order chi connectivity index (χ0) is 19.4. The Morgan fingerprint density at radius 2 is 2.00 bits per heavy atom. The van der Waals surface area contributed by atoms with Gasteiger partial charge in [0.2, 0.25) is 0 Å². The van der Waals surface area contributed by atoms with E-state index in [1.807, 2.05) is 32.0 Å². The topological polar surface area (TPSA) is 67.6 Å². The van der Waals surface area contributed by atoms with Crippen LogP contribution < -0.4 is 10.1 Å². The molecule has 146 valence electrons. The average Bonchev–Trinajstić information content (AvgIpc) is 3.29. The largest absolute Gasteiger partial charge is 0.496 e. The van der Waals surface area contributed by atoms with Crippen molar-refractivity contribution in [3.05, 3.63) is 46.8 Å². The zero-order valence-electron chi connectivity index (χ0n) is 16.7. The van der Waals surface area contributed by atoms with E-state index < -0.39 is 0 Å². The number of nitrogens with one attached hydrogen (secondary N) is 1. The Morgan fingerprint density at radius 3 is 2.63 bits per heavy atom. The van der Waals surface area contributed by atoms with Gasteiger partial charge < -0.3 is 19.5 Å². The average molecular weight is 371 g/mol. The van der Waals surface area contributed by atoms with Crippen molar-refractivity contribution in [2.75, 3.05) is 20.7 Å². The first-order valence-corrected chi connectivity index (χ1v) is 9.51. The predicted molar refractivity (Wildman–Crippen MR) is 104 cm³/mol. The summed E-state index contributed by atoms with van der Waals surface area (Å²) in [5.41, 5.74) is 2.92. The Kier molecular flexibility index (Phi) is 5.73. The molecule has 0 spiro atoms. The first-order chi connectivity index (χ1) is 13.0. The lowest BCUT2D eigenvalue weighted by atomic mass is 9.78. The minimum Gasteiger partial charge on any atom is -0.496 e. The SMILES string of the molecule is COc1ccccc1C1(CNC(=O)N(C)Cc2c(C)noc2C)CCCC1. The monoisotopic (exact) mass is 371 g/mol. The van der Waals surface area contributed by atoms with Crippen LogP contribution >= 0.6 is 0 Å². The van der Waals surface area contributed by atoms with E-state index in [0.717, 1.165) is 35.6 Å². The molecule has 1 aliphatic carbocycles. The van der Waals surface area contributed by atoms with Crippen LogP contribution in [-0.2, 0) is 12.0 Å². The van der Waals surface area contributed by atoms with E-state index in [1.54, 1.807) is 19.1 Å². The van der Waals surface area contributed by atoms with Gasteiger partial charge in [-0.15, -0.1) is 0 Å². The van der Waals surface area contributed by atoms with E-state index in [-0.39, 0.29) is 11.4 Å². The highest BCUT2D eigenvalue weighted by molar-refractivity contribution is 5.74. The summed E-state index contributed by atoms with van der Waals surface area (Å²) < 4.78 is 10.8.